The van der Waals surface area contributed by atoms with Gasteiger partial charge in [0, 0.05) is 5.69 Å². The van der Waals surface area contributed by atoms with Crippen molar-refractivity contribution in [3.63, 3.8) is 0 Å². The van der Waals surface area contributed by atoms with Crippen LogP contribution in [0.4, 0.5) is 10.1 Å². The van der Waals surface area contributed by atoms with Crippen LogP contribution in [0.3, 0.4) is 0 Å². The van der Waals surface area contributed by atoms with Crippen LogP contribution >= 0.6 is 0 Å². The van der Waals surface area contributed by atoms with Gasteiger partial charge in [0.25, 0.3) is 0 Å². The van der Waals surface area contributed by atoms with Gasteiger partial charge in [0.05, 0.1) is 6.61 Å². The highest BCUT2D eigenvalue weighted by atomic mass is 19.1. The number of halogens is 1. The monoisotopic (exact) mass is 245 g/mol. The van der Waals surface area contributed by atoms with Crippen LogP contribution in [-0.2, 0) is 6.42 Å². The van der Waals surface area contributed by atoms with E-state index in [-0.39, 0.29) is 5.82 Å². The maximum absolute atomic E-state index is 13.3. The molecule has 0 aliphatic carbocycles. The number of hydrogen-bond donors (Lipinski definition) is 1. The predicted octanol–water partition coefficient (Wildman–Crippen LogP) is 3.42. The number of rotatable bonds is 5. The highest BCUT2D eigenvalue weighted by molar-refractivity contribution is 5.40. The van der Waals surface area contributed by atoms with Crippen molar-refractivity contribution in [1.82, 2.24) is 0 Å². The fraction of sp³-hybridized carbons (Fsp3) is 0.200. The predicted molar refractivity (Wildman–Crippen MR) is 71.1 cm³/mol. The molecule has 0 fully saturated rings. The van der Waals surface area contributed by atoms with E-state index in [1.54, 1.807) is 18.2 Å². The summed E-state index contributed by atoms with van der Waals surface area (Å²) in [6.45, 7) is 0.496. The lowest BCUT2D eigenvalue weighted by Gasteiger charge is -2.07. The Hall–Kier alpha value is -2.03. The molecule has 0 spiro atoms. The summed E-state index contributed by atoms with van der Waals surface area (Å²) >= 11 is 0. The minimum Gasteiger partial charge on any atom is -0.491 e. The van der Waals surface area contributed by atoms with Crippen molar-refractivity contribution in [3.8, 4) is 5.75 Å². The van der Waals surface area contributed by atoms with Crippen molar-refractivity contribution in [3.05, 3.63) is 59.9 Å². The van der Waals surface area contributed by atoms with Crippen LogP contribution < -0.4 is 10.5 Å². The number of ether oxygens (including phenoxy) is 1. The molecule has 0 radical (unpaired) electrons. The molecule has 0 saturated heterocycles. The smallest absolute Gasteiger partial charge is 0.165 e. The van der Waals surface area contributed by atoms with Gasteiger partial charge in [-0.1, -0.05) is 24.3 Å². The van der Waals surface area contributed by atoms with E-state index in [1.165, 1.54) is 11.6 Å². The number of benzene rings is 2. The van der Waals surface area contributed by atoms with E-state index in [1.807, 2.05) is 24.3 Å². The lowest BCUT2D eigenvalue weighted by molar-refractivity contribution is 0.295. The van der Waals surface area contributed by atoms with E-state index >= 15 is 0 Å². The van der Waals surface area contributed by atoms with E-state index in [0.717, 1.165) is 18.5 Å². The topological polar surface area (TPSA) is 35.2 Å². The van der Waals surface area contributed by atoms with E-state index in [9.17, 15) is 4.39 Å². The van der Waals surface area contributed by atoms with Gasteiger partial charge >= 0.3 is 0 Å². The lowest BCUT2D eigenvalue weighted by atomic mass is 10.1. The van der Waals surface area contributed by atoms with Crippen LogP contribution in [0.15, 0.2) is 48.5 Å². The number of aryl methyl sites for hydroxylation is 1. The molecular weight excluding hydrogens is 229 g/mol. The number of nitrogens with two attached hydrogens (primary N) is 1. The van der Waals surface area contributed by atoms with Crippen LogP contribution in [0.2, 0.25) is 0 Å². The normalized spacial score (nSPS) is 10.3. The van der Waals surface area contributed by atoms with E-state index in [2.05, 4.69) is 0 Å². The Labute approximate surface area is 106 Å². The van der Waals surface area contributed by atoms with Crippen LogP contribution in [-0.4, -0.2) is 6.61 Å². The van der Waals surface area contributed by atoms with Gasteiger partial charge in [-0.3, -0.25) is 0 Å². The van der Waals surface area contributed by atoms with Crippen molar-refractivity contribution < 1.29 is 9.13 Å². The Morgan fingerprint density at radius 1 is 1.06 bits per heavy atom. The molecule has 0 atom stereocenters. The van der Waals surface area contributed by atoms with Gasteiger partial charge in [0.1, 0.15) is 0 Å². The lowest BCUT2D eigenvalue weighted by Crippen LogP contribution is -2.01. The van der Waals surface area contributed by atoms with Crippen molar-refractivity contribution in [2.45, 2.75) is 12.8 Å². The van der Waals surface area contributed by atoms with Crippen LogP contribution in [0.25, 0.3) is 0 Å². The minimum atomic E-state index is -0.318. The first-order valence-electron chi connectivity index (χ1n) is 5.97. The molecule has 94 valence electrons. The first kappa shape index (κ1) is 12.4. The summed E-state index contributed by atoms with van der Waals surface area (Å²) in [5.74, 6) is -0.00784. The van der Waals surface area contributed by atoms with Gasteiger partial charge in [-0.15, -0.1) is 0 Å². The molecular formula is C15H16FNO. The zero-order valence-electron chi connectivity index (χ0n) is 10.1. The molecule has 0 unspecified atom stereocenters. The Kier molecular flexibility index (Phi) is 4.18. The van der Waals surface area contributed by atoms with E-state index < -0.39 is 0 Å². The molecule has 2 aromatic carbocycles. The Morgan fingerprint density at radius 2 is 1.89 bits per heavy atom. The van der Waals surface area contributed by atoms with Gasteiger partial charge in [0.15, 0.2) is 11.6 Å². The number of nitrogen functional groups attached to an aromatic ring is 1. The van der Waals surface area contributed by atoms with Gasteiger partial charge in [0.2, 0.25) is 0 Å². The summed E-state index contributed by atoms with van der Waals surface area (Å²) in [6.07, 6.45) is 1.71. The van der Waals surface area contributed by atoms with Crippen molar-refractivity contribution >= 4 is 5.69 Å². The summed E-state index contributed by atoms with van der Waals surface area (Å²) < 4.78 is 18.6. The first-order valence-corrected chi connectivity index (χ1v) is 5.97. The zero-order valence-corrected chi connectivity index (χ0v) is 10.1. The molecule has 2 rings (SSSR count). The zero-order chi connectivity index (χ0) is 12.8. The van der Waals surface area contributed by atoms with E-state index in [4.69, 9.17) is 10.5 Å². The van der Waals surface area contributed by atoms with Crippen molar-refractivity contribution in [1.29, 1.82) is 0 Å². The second-order valence-electron chi connectivity index (χ2n) is 4.13. The van der Waals surface area contributed by atoms with Gasteiger partial charge in [-0.25, -0.2) is 4.39 Å². The second kappa shape index (κ2) is 6.05. The third kappa shape index (κ3) is 3.48. The standard InChI is InChI=1S/C15H16FNO/c16-14-8-1-2-9-15(14)18-10-4-6-12-5-3-7-13(17)11-12/h1-3,5,7-9,11H,4,6,10,17H2. The molecule has 2 N–H and O–H groups in total. The van der Waals surface area contributed by atoms with Crippen molar-refractivity contribution in [2.24, 2.45) is 0 Å². The molecule has 0 aliphatic rings. The molecule has 0 aliphatic heterocycles. The van der Waals surface area contributed by atoms with Gasteiger partial charge < -0.3 is 10.5 Å². The van der Waals surface area contributed by atoms with E-state index in [0.29, 0.717) is 12.4 Å². The summed E-state index contributed by atoms with van der Waals surface area (Å²) in [7, 11) is 0. The van der Waals surface area contributed by atoms with Crippen LogP contribution in [0.5, 0.6) is 5.75 Å². The molecule has 0 amide bonds. The summed E-state index contributed by atoms with van der Waals surface area (Å²) in [6, 6.07) is 14.2. The minimum absolute atomic E-state index is 0.310. The third-order valence-corrected chi connectivity index (χ3v) is 2.66. The summed E-state index contributed by atoms with van der Waals surface area (Å²) in [4.78, 5) is 0. The Balaban J connectivity index is 1.78. The number of hydrogen-bond acceptors (Lipinski definition) is 2. The highest BCUT2D eigenvalue weighted by Gasteiger charge is 2.01. The summed E-state index contributed by atoms with van der Waals surface area (Å²) in [5.41, 5.74) is 7.63. The molecule has 0 bridgehead atoms. The molecule has 0 aromatic heterocycles. The van der Waals surface area contributed by atoms with Crippen LogP contribution in [0.1, 0.15) is 12.0 Å². The Bertz CT molecular complexity index is 513. The van der Waals surface area contributed by atoms with Crippen LogP contribution in [0, 0.1) is 5.82 Å². The fourth-order valence-electron chi connectivity index (χ4n) is 1.77. The molecule has 3 heteroatoms. The Morgan fingerprint density at radius 3 is 2.67 bits per heavy atom. The molecule has 2 nitrogen and oxygen atoms in total. The number of anilines is 1. The average Bonchev–Trinajstić information content (AvgIpc) is 2.37. The largest absolute Gasteiger partial charge is 0.491 e. The molecule has 0 saturated carbocycles. The maximum atomic E-state index is 13.3. The van der Waals surface area contributed by atoms with Crippen molar-refractivity contribution in [2.75, 3.05) is 12.3 Å². The second-order valence-corrected chi connectivity index (χ2v) is 4.13. The molecule has 2 aromatic rings. The average molecular weight is 245 g/mol. The molecule has 18 heavy (non-hydrogen) atoms. The van der Waals surface area contributed by atoms with Gasteiger partial charge in [-0.2, -0.15) is 0 Å². The third-order valence-electron chi connectivity index (χ3n) is 2.66. The quantitative estimate of drug-likeness (QED) is 0.647. The first-order chi connectivity index (χ1) is 8.75. The highest BCUT2D eigenvalue weighted by Crippen LogP contribution is 2.16. The fourth-order valence-corrected chi connectivity index (χ4v) is 1.77. The SMILES string of the molecule is Nc1cccc(CCCOc2ccccc2F)c1. The maximum Gasteiger partial charge on any atom is 0.165 e. The van der Waals surface area contributed by atoms with Gasteiger partial charge in [-0.05, 0) is 42.7 Å². The molecule has 0 heterocycles. The summed E-state index contributed by atoms with van der Waals surface area (Å²) in [5, 5.41) is 0. The number of para-hydroxylation sites is 1.